The molecule has 28 heavy (non-hydrogen) atoms. The van der Waals surface area contributed by atoms with Crippen LogP contribution in [0.1, 0.15) is 49.9 Å². The molecular formula is C24H40N2O2. The summed E-state index contributed by atoms with van der Waals surface area (Å²) >= 11 is 0. The lowest BCUT2D eigenvalue weighted by atomic mass is 10.1. The smallest absolute Gasteiger partial charge is 0.125 e. The molecule has 1 aliphatic rings. The van der Waals surface area contributed by atoms with Crippen molar-refractivity contribution in [3.05, 3.63) is 64.7 Å². The van der Waals surface area contributed by atoms with Crippen LogP contribution in [-0.4, -0.2) is 31.0 Å². The number of hydrogen-bond donors (Lipinski definition) is 3. The zero-order valence-corrected chi connectivity index (χ0v) is 19.0. The number of hydrogen-bond acceptors (Lipinski definition) is 4. The van der Waals surface area contributed by atoms with Crippen LogP contribution in [0.3, 0.4) is 0 Å². The molecule has 0 aromatic heterocycles. The van der Waals surface area contributed by atoms with Gasteiger partial charge in [0.05, 0.1) is 5.66 Å². The van der Waals surface area contributed by atoms with Crippen LogP contribution in [0.25, 0.3) is 0 Å². The first kappa shape index (κ1) is 26.1. The van der Waals surface area contributed by atoms with Gasteiger partial charge in [-0.25, -0.2) is 0 Å². The summed E-state index contributed by atoms with van der Waals surface area (Å²) in [7, 11) is 1.00. The van der Waals surface area contributed by atoms with Crippen molar-refractivity contribution in [2.45, 2.75) is 60.7 Å². The minimum atomic E-state index is 0.194. The molecule has 0 amide bonds. The zero-order valence-electron chi connectivity index (χ0n) is 19.0. The van der Waals surface area contributed by atoms with E-state index >= 15 is 0 Å². The largest absolute Gasteiger partial charge is 0.488 e. The molecule has 0 aliphatic carbocycles. The third kappa shape index (κ3) is 9.88. The summed E-state index contributed by atoms with van der Waals surface area (Å²) in [6.07, 6.45) is 0. The second kappa shape index (κ2) is 14.2. The molecule has 1 aliphatic heterocycles. The molecule has 3 N–H and O–H groups in total. The van der Waals surface area contributed by atoms with E-state index in [9.17, 15) is 0 Å². The van der Waals surface area contributed by atoms with Crippen LogP contribution in [0, 0.1) is 20.8 Å². The van der Waals surface area contributed by atoms with Crippen molar-refractivity contribution in [2.75, 3.05) is 20.2 Å². The highest BCUT2D eigenvalue weighted by molar-refractivity contribution is 5.43. The quantitative estimate of drug-likeness (QED) is 0.711. The summed E-state index contributed by atoms with van der Waals surface area (Å²) in [5.41, 5.74) is 5.09. The topological polar surface area (TPSA) is 53.5 Å². The minimum Gasteiger partial charge on any atom is -0.488 e. The molecule has 2 aromatic carbocycles. The molecule has 1 fully saturated rings. The Morgan fingerprint density at radius 1 is 0.893 bits per heavy atom. The molecule has 1 saturated heterocycles. The monoisotopic (exact) mass is 388 g/mol. The Bertz CT molecular complexity index is 624. The highest BCUT2D eigenvalue weighted by Crippen LogP contribution is 2.25. The zero-order chi connectivity index (χ0) is 21.6. The number of nitrogens with one attached hydrogen (secondary N) is 2. The lowest BCUT2D eigenvalue weighted by Gasteiger charge is -2.16. The average molecular weight is 389 g/mol. The van der Waals surface area contributed by atoms with Gasteiger partial charge in [0.25, 0.3) is 0 Å². The highest BCUT2D eigenvalue weighted by Gasteiger charge is 2.19. The van der Waals surface area contributed by atoms with Gasteiger partial charge in [0.1, 0.15) is 12.4 Å². The lowest BCUT2D eigenvalue weighted by Crippen LogP contribution is -2.42. The van der Waals surface area contributed by atoms with Crippen LogP contribution in [0.15, 0.2) is 42.5 Å². The maximum atomic E-state index is 7.00. The van der Waals surface area contributed by atoms with E-state index in [0.29, 0.717) is 6.61 Å². The van der Waals surface area contributed by atoms with Gasteiger partial charge in [-0.1, -0.05) is 61.9 Å². The van der Waals surface area contributed by atoms with Gasteiger partial charge in [-0.3, -0.25) is 10.6 Å². The predicted octanol–water partition coefficient (Wildman–Crippen LogP) is 4.74. The number of rotatable bonds is 3. The molecule has 158 valence electrons. The van der Waals surface area contributed by atoms with Gasteiger partial charge in [-0.2, -0.15) is 0 Å². The molecule has 0 bridgehead atoms. The van der Waals surface area contributed by atoms with Gasteiger partial charge < -0.3 is 9.84 Å². The number of benzene rings is 2. The fraction of sp³-hybridized carbons (Fsp3) is 0.500. The SMILES string of the molecule is CC.CC1(C)NCCN1.CO.Cc1cc(C)c(OCc2ccccc2)c(C)c1. The van der Waals surface area contributed by atoms with Crippen molar-refractivity contribution < 1.29 is 9.84 Å². The molecule has 0 spiro atoms. The van der Waals surface area contributed by atoms with Crippen molar-refractivity contribution in [3.63, 3.8) is 0 Å². The Morgan fingerprint density at radius 2 is 1.36 bits per heavy atom. The predicted molar refractivity (Wildman–Crippen MR) is 121 cm³/mol. The normalized spacial score (nSPS) is 13.8. The standard InChI is InChI=1S/C16H18O.C5H12N2.C2H6.CH4O/c1-12-9-13(2)16(14(3)10-12)17-11-15-7-5-4-6-8-15;1-5(2)6-3-4-7-5;2*1-2/h4-10H,11H2,1-3H3;6-7H,3-4H2,1-2H3;1-2H3;2H,1H3. The van der Waals surface area contributed by atoms with E-state index < -0.39 is 0 Å². The highest BCUT2D eigenvalue weighted by atomic mass is 16.5. The number of ether oxygens (including phenoxy) is 1. The Balaban J connectivity index is 0.000000553. The second-order valence-corrected chi connectivity index (χ2v) is 6.98. The van der Waals surface area contributed by atoms with Crippen LogP contribution in [-0.2, 0) is 6.61 Å². The minimum absolute atomic E-state index is 0.194. The van der Waals surface area contributed by atoms with Crippen molar-refractivity contribution in [2.24, 2.45) is 0 Å². The van der Waals surface area contributed by atoms with Crippen LogP contribution >= 0.6 is 0 Å². The van der Waals surface area contributed by atoms with Crippen molar-refractivity contribution >= 4 is 0 Å². The van der Waals surface area contributed by atoms with Crippen LogP contribution in [0.2, 0.25) is 0 Å². The van der Waals surface area contributed by atoms with Crippen molar-refractivity contribution in [1.82, 2.24) is 10.6 Å². The maximum absolute atomic E-state index is 7.00. The number of aliphatic hydroxyl groups excluding tert-OH is 1. The molecule has 4 heteroatoms. The van der Waals surface area contributed by atoms with Gasteiger partial charge in [0.2, 0.25) is 0 Å². The third-order valence-electron chi connectivity index (χ3n) is 4.09. The van der Waals surface area contributed by atoms with E-state index in [1.54, 1.807) is 0 Å². The molecule has 1 heterocycles. The van der Waals surface area contributed by atoms with Crippen LogP contribution < -0.4 is 15.4 Å². The lowest BCUT2D eigenvalue weighted by molar-refractivity contribution is 0.302. The van der Waals surface area contributed by atoms with Gasteiger partial charge in [0, 0.05) is 20.2 Å². The molecule has 4 nitrogen and oxygen atoms in total. The molecule has 0 radical (unpaired) electrons. The first-order valence-corrected chi connectivity index (χ1v) is 10.1. The molecule has 3 rings (SSSR count). The third-order valence-corrected chi connectivity index (χ3v) is 4.09. The maximum Gasteiger partial charge on any atom is 0.125 e. The van der Waals surface area contributed by atoms with Gasteiger partial charge in [-0.15, -0.1) is 0 Å². The summed E-state index contributed by atoms with van der Waals surface area (Å²) in [4.78, 5) is 0. The fourth-order valence-corrected chi connectivity index (χ4v) is 2.94. The number of aliphatic hydroxyl groups is 1. The van der Waals surface area contributed by atoms with E-state index in [1.165, 1.54) is 22.3 Å². The fourth-order valence-electron chi connectivity index (χ4n) is 2.94. The Morgan fingerprint density at radius 3 is 1.75 bits per heavy atom. The van der Waals surface area contributed by atoms with Gasteiger partial charge >= 0.3 is 0 Å². The second-order valence-electron chi connectivity index (χ2n) is 6.98. The van der Waals surface area contributed by atoms with E-state index in [2.05, 4.69) is 69.5 Å². The first-order chi connectivity index (χ1) is 13.4. The summed E-state index contributed by atoms with van der Waals surface area (Å²) in [5, 5.41) is 13.6. The Hall–Kier alpha value is -1.88. The van der Waals surface area contributed by atoms with E-state index in [4.69, 9.17) is 9.84 Å². The summed E-state index contributed by atoms with van der Waals surface area (Å²) in [5.74, 6) is 1.01. The molecule has 2 aromatic rings. The Kier molecular flexibility index (Phi) is 13.2. The molecule has 0 atom stereocenters. The van der Waals surface area contributed by atoms with E-state index in [-0.39, 0.29) is 5.66 Å². The van der Waals surface area contributed by atoms with E-state index in [0.717, 1.165) is 25.9 Å². The van der Waals surface area contributed by atoms with Crippen molar-refractivity contribution in [1.29, 1.82) is 0 Å². The summed E-state index contributed by atoms with van der Waals surface area (Å²) < 4.78 is 5.91. The van der Waals surface area contributed by atoms with Crippen LogP contribution in [0.5, 0.6) is 5.75 Å². The van der Waals surface area contributed by atoms with Crippen molar-refractivity contribution in [3.8, 4) is 5.75 Å². The van der Waals surface area contributed by atoms with Crippen LogP contribution in [0.4, 0.5) is 0 Å². The van der Waals surface area contributed by atoms with Gasteiger partial charge in [0.15, 0.2) is 0 Å². The number of aryl methyl sites for hydroxylation is 3. The molecular weight excluding hydrogens is 348 g/mol. The molecule has 0 saturated carbocycles. The summed E-state index contributed by atoms with van der Waals surface area (Å²) in [6, 6.07) is 14.6. The first-order valence-electron chi connectivity index (χ1n) is 10.1. The Labute approximate surface area is 172 Å². The van der Waals surface area contributed by atoms with E-state index in [1.807, 2.05) is 32.0 Å². The molecule has 0 unspecified atom stereocenters. The summed E-state index contributed by atoms with van der Waals surface area (Å²) in [6.45, 7) is 17.4. The van der Waals surface area contributed by atoms with Gasteiger partial charge in [-0.05, 0) is 51.3 Å². The average Bonchev–Trinajstić information content (AvgIpc) is 3.09.